The van der Waals surface area contributed by atoms with Crippen LogP contribution in [0.5, 0.6) is 0 Å². The van der Waals surface area contributed by atoms with E-state index in [-0.39, 0.29) is 6.09 Å². The van der Waals surface area contributed by atoms with E-state index in [1.165, 1.54) is 0 Å². The van der Waals surface area contributed by atoms with Gasteiger partial charge in [-0.05, 0) is 44.4 Å². The zero-order valence-corrected chi connectivity index (χ0v) is 15.7. The lowest BCUT2D eigenvalue weighted by Crippen LogP contribution is -2.49. The molecule has 1 aromatic carbocycles. The molecule has 0 spiro atoms. The average Bonchev–Trinajstić information content (AvgIpc) is 2.62. The molecule has 0 aliphatic carbocycles. The summed E-state index contributed by atoms with van der Waals surface area (Å²) in [6.07, 6.45) is 1.54. The summed E-state index contributed by atoms with van der Waals surface area (Å²) < 4.78 is 5.05. The third-order valence-corrected chi connectivity index (χ3v) is 4.29. The summed E-state index contributed by atoms with van der Waals surface area (Å²) in [5, 5.41) is 7.47. The number of nitrogens with one attached hydrogen (secondary N) is 2. The first-order valence-electron chi connectivity index (χ1n) is 8.83. The molecule has 2 N–H and O–H groups in total. The van der Waals surface area contributed by atoms with Gasteiger partial charge in [-0.25, -0.2) is 9.79 Å². The fourth-order valence-corrected chi connectivity index (χ4v) is 2.82. The Balaban J connectivity index is 1.86. The number of amides is 1. The molecule has 0 bridgehead atoms. The summed E-state index contributed by atoms with van der Waals surface area (Å²) >= 11 is 5.91. The van der Waals surface area contributed by atoms with Crippen LogP contribution in [-0.4, -0.2) is 49.2 Å². The molecule has 2 rings (SSSR count). The molecule has 0 saturated carbocycles. The van der Waals surface area contributed by atoms with Crippen molar-refractivity contribution in [1.82, 2.24) is 15.5 Å². The van der Waals surface area contributed by atoms with E-state index in [4.69, 9.17) is 16.3 Å². The molecule has 25 heavy (non-hydrogen) atoms. The van der Waals surface area contributed by atoms with Crippen LogP contribution in [-0.2, 0) is 11.3 Å². The van der Waals surface area contributed by atoms with Crippen LogP contribution in [0.25, 0.3) is 0 Å². The zero-order valence-electron chi connectivity index (χ0n) is 14.9. The fraction of sp³-hybridized carbons (Fsp3) is 0.556. The van der Waals surface area contributed by atoms with E-state index in [9.17, 15) is 4.79 Å². The van der Waals surface area contributed by atoms with Crippen molar-refractivity contribution in [2.75, 3.05) is 26.2 Å². The highest BCUT2D eigenvalue weighted by Gasteiger charge is 2.23. The number of hydrogen-bond acceptors (Lipinski definition) is 3. The van der Waals surface area contributed by atoms with Crippen LogP contribution in [0.1, 0.15) is 32.3 Å². The van der Waals surface area contributed by atoms with Gasteiger partial charge in [0.2, 0.25) is 0 Å². The van der Waals surface area contributed by atoms with Gasteiger partial charge in [0, 0.05) is 30.7 Å². The van der Waals surface area contributed by atoms with E-state index in [0.29, 0.717) is 32.3 Å². The largest absolute Gasteiger partial charge is 0.450 e. The average molecular weight is 367 g/mol. The predicted molar refractivity (Wildman–Crippen MR) is 101 cm³/mol. The predicted octanol–water partition coefficient (Wildman–Crippen LogP) is 3.02. The lowest BCUT2D eigenvalue weighted by atomic mass is 10.1. The quantitative estimate of drug-likeness (QED) is 0.621. The van der Waals surface area contributed by atoms with Gasteiger partial charge in [-0.2, -0.15) is 0 Å². The molecule has 1 aromatic rings. The number of halogens is 1. The minimum absolute atomic E-state index is 0.218. The molecule has 0 unspecified atom stereocenters. The number of likely N-dealkylation sites (tertiary alicyclic amines) is 1. The van der Waals surface area contributed by atoms with Crippen LogP contribution in [0.3, 0.4) is 0 Å². The number of aliphatic imine (C=N–C) groups is 1. The van der Waals surface area contributed by atoms with Gasteiger partial charge in [0.05, 0.1) is 13.2 Å². The lowest BCUT2D eigenvalue weighted by Gasteiger charge is -2.32. The molecular weight excluding hydrogens is 340 g/mol. The standard InChI is InChI=1S/C18H27ClN4O2/c1-3-20-17(21-13-14-5-7-15(19)8-6-14)22-16-9-11-23(12-10-16)18(24)25-4-2/h5-8,16H,3-4,9-13H2,1-2H3,(H2,20,21,22). The first-order chi connectivity index (χ1) is 12.1. The highest BCUT2D eigenvalue weighted by atomic mass is 35.5. The molecule has 1 amide bonds. The molecule has 0 radical (unpaired) electrons. The summed E-state index contributed by atoms with van der Waals surface area (Å²) in [6.45, 7) is 7.08. The second-order valence-electron chi connectivity index (χ2n) is 5.93. The van der Waals surface area contributed by atoms with Gasteiger partial charge in [-0.1, -0.05) is 23.7 Å². The fourth-order valence-electron chi connectivity index (χ4n) is 2.69. The molecule has 138 valence electrons. The second kappa shape index (κ2) is 10.1. The maximum Gasteiger partial charge on any atom is 0.409 e. The number of carbonyl (C=O) groups excluding carboxylic acids is 1. The van der Waals surface area contributed by atoms with E-state index in [1.54, 1.807) is 4.90 Å². The minimum atomic E-state index is -0.218. The monoisotopic (exact) mass is 366 g/mol. The van der Waals surface area contributed by atoms with E-state index >= 15 is 0 Å². The molecule has 6 nitrogen and oxygen atoms in total. The Hall–Kier alpha value is -1.95. The van der Waals surface area contributed by atoms with Crippen LogP contribution in [0, 0.1) is 0 Å². The highest BCUT2D eigenvalue weighted by Crippen LogP contribution is 2.12. The number of ether oxygens (including phenoxy) is 1. The number of benzene rings is 1. The van der Waals surface area contributed by atoms with E-state index in [1.807, 2.05) is 38.1 Å². The van der Waals surface area contributed by atoms with E-state index in [2.05, 4.69) is 15.6 Å². The van der Waals surface area contributed by atoms with E-state index < -0.39 is 0 Å². The van der Waals surface area contributed by atoms with Gasteiger partial charge in [-0.15, -0.1) is 0 Å². The molecule has 0 aromatic heterocycles. The number of hydrogen-bond donors (Lipinski definition) is 2. The molecule has 7 heteroatoms. The van der Waals surface area contributed by atoms with Gasteiger partial charge in [0.25, 0.3) is 0 Å². The number of carbonyl (C=O) groups is 1. The normalized spacial score (nSPS) is 15.8. The smallest absolute Gasteiger partial charge is 0.409 e. The van der Waals surface area contributed by atoms with Crippen LogP contribution in [0.2, 0.25) is 5.02 Å². The summed E-state index contributed by atoms with van der Waals surface area (Å²) in [5.74, 6) is 0.798. The highest BCUT2D eigenvalue weighted by molar-refractivity contribution is 6.30. The number of piperidine rings is 1. The van der Waals surface area contributed by atoms with Crippen LogP contribution in [0.15, 0.2) is 29.3 Å². The topological polar surface area (TPSA) is 66.0 Å². The number of guanidine groups is 1. The summed E-state index contributed by atoms with van der Waals surface area (Å²) in [5.41, 5.74) is 1.11. The van der Waals surface area contributed by atoms with Crippen molar-refractivity contribution in [3.05, 3.63) is 34.9 Å². The third-order valence-electron chi connectivity index (χ3n) is 4.04. The van der Waals surface area contributed by atoms with Gasteiger partial charge >= 0.3 is 6.09 Å². The Labute approximate surface area is 154 Å². The van der Waals surface area contributed by atoms with Gasteiger partial charge in [0.1, 0.15) is 0 Å². The SMILES string of the molecule is CCNC(=NCc1ccc(Cl)cc1)NC1CCN(C(=O)OCC)CC1. The first kappa shape index (κ1) is 19.4. The lowest BCUT2D eigenvalue weighted by molar-refractivity contribution is 0.0963. The Bertz CT molecular complexity index is 569. The summed E-state index contributed by atoms with van der Waals surface area (Å²) in [6, 6.07) is 8.00. The molecule has 1 fully saturated rings. The zero-order chi connectivity index (χ0) is 18.1. The molecule has 0 atom stereocenters. The molecule has 1 aliphatic rings. The van der Waals surface area contributed by atoms with Crippen LogP contribution < -0.4 is 10.6 Å². The van der Waals surface area contributed by atoms with Crippen molar-refractivity contribution in [3.8, 4) is 0 Å². The summed E-state index contributed by atoms with van der Waals surface area (Å²) in [4.78, 5) is 18.2. The Kier molecular flexibility index (Phi) is 7.85. The van der Waals surface area contributed by atoms with Crippen molar-refractivity contribution < 1.29 is 9.53 Å². The number of rotatable bonds is 5. The Morgan fingerprint density at radius 2 is 1.96 bits per heavy atom. The Morgan fingerprint density at radius 1 is 1.28 bits per heavy atom. The maximum absolute atomic E-state index is 11.8. The third kappa shape index (κ3) is 6.46. The van der Waals surface area contributed by atoms with Crippen LogP contribution in [0.4, 0.5) is 4.79 Å². The van der Waals surface area contributed by atoms with Crippen molar-refractivity contribution >= 4 is 23.7 Å². The van der Waals surface area contributed by atoms with Crippen LogP contribution >= 0.6 is 11.6 Å². The number of nitrogens with zero attached hydrogens (tertiary/aromatic N) is 2. The van der Waals surface area contributed by atoms with Gasteiger partial charge in [0.15, 0.2) is 5.96 Å². The second-order valence-corrected chi connectivity index (χ2v) is 6.36. The molecule has 1 aliphatic heterocycles. The Morgan fingerprint density at radius 3 is 2.56 bits per heavy atom. The van der Waals surface area contributed by atoms with Gasteiger partial charge in [-0.3, -0.25) is 0 Å². The van der Waals surface area contributed by atoms with Crippen molar-refractivity contribution in [1.29, 1.82) is 0 Å². The minimum Gasteiger partial charge on any atom is -0.450 e. The van der Waals surface area contributed by atoms with Gasteiger partial charge < -0.3 is 20.3 Å². The van der Waals surface area contributed by atoms with Crippen molar-refractivity contribution in [3.63, 3.8) is 0 Å². The molecule has 1 saturated heterocycles. The summed E-state index contributed by atoms with van der Waals surface area (Å²) in [7, 11) is 0. The maximum atomic E-state index is 11.8. The molecular formula is C18H27ClN4O2. The first-order valence-corrected chi connectivity index (χ1v) is 9.21. The van der Waals surface area contributed by atoms with Crippen molar-refractivity contribution in [2.24, 2.45) is 4.99 Å². The van der Waals surface area contributed by atoms with E-state index in [0.717, 1.165) is 35.9 Å². The van der Waals surface area contributed by atoms with Crippen molar-refractivity contribution in [2.45, 2.75) is 39.3 Å². The molecule has 1 heterocycles.